The average molecular weight is 217 g/mol. The number of carbonyl (C=O) groups is 1. The third-order valence-corrected chi connectivity index (χ3v) is 2.87. The highest BCUT2D eigenvalue weighted by atomic mass is 16.2. The number of guanidine groups is 1. The predicted octanol–water partition coefficient (Wildman–Crippen LogP) is 1.05. The quantitative estimate of drug-likeness (QED) is 0.738. The molecule has 0 aliphatic carbocycles. The molecule has 1 aliphatic rings. The van der Waals surface area contributed by atoms with E-state index in [1.807, 2.05) is 25.1 Å². The van der Waals surface area contributed by atoms with Crippen LogP contribution in [0.2, 0.25) is 0 Å². The molecular formula is C12H15N3O. The van der Waals surface area contributed by atoms with Gasteiger partial charge in [-0.2, -0.15) is 0 Å². The summed E-state index contributed by atoms with van der Waals surface area (Å²) in [5, 5.41) is 5.73. The molecule has 0 bridgehead atoms. The van der Waals surface area contributed by atoms with Crippen LogP contribution in [0.3, 0.4) is 0 Å². The van der Waals surface area contributed by atoms with Crippen molar-refractivity contribution < 1.29 is 4.79 Å². The summed E-state index contributed by atoms with van der Waals surface area (Å²) in [5.74, 6) is 0.483. The zero-order chi connectivity index (χ0) is 11.7. The summed E-state index contributed by atoms with van der Waals surface area (Å²) in [6.07, 6.45) is 0. The van der Waals surface area contributed by atoms with Crippen LogP contribution >= 0.6 is 0 Å². The van der Waals surface area contributed by atoms with Crippen molar-refractivity contribution in [2.24, 2.45) is 4.99 Å². The summed E-state index contributed by atoms with van der Waals surface area (Å²) in [5.41, 5.74) is 3.39. The first kappa shape index (κ1) is 10.7. The molecular weight excluding hydrogens is 202 g/mol. The largest absolute Gasteiger partial charge is 0.340 e. The molecule has 2 N–H and O–H groups in total. The zero-order valence-electron chi connectivity index (χ0n) is 9.66. The molecule has 1 atom stereocenters. The third-order valence-electron chi connectivity index (χ3n) is 2.87. The van der Waals surface area contributed by atoms with Crippen LogP contribution < -0.4 is 10.6 Å². The molecule has 84 valence electrons. The monoisotopic (exact) mass is 217 g/mol. The lowest BCUT2D eigenvalue weighted by molar-refractivity contribution is -0.120. The topological polar surface area (TPSA) is 53.5 Å². The number of aliphatic imine (C=N–C) groups is 1. The Hall–Kier alpha value is -1.84. The number of amides is 1. The number of nitrogens with zero attached hydrogens (tertiary/aromatic N) is 1. The van der Waals surface area contributed by atoms with Crippen LogP contribution in [-0.2, 0) is 4.79 Å². The Bertz CT molecular complexity index is 465. The highest BCUT2D eigenvalue weighted by Gasteiger charge is 2.29. The van der Waals surface area contributed by atoms with Gasteiger partial charge in [-0.15, -0.1) is 0 Å². The Morgan fingerprint density at radius 3 is 2.56 bits per heavy atom. The van der Waals surface area contributed by atoms with Gasteiger partial charge in [-0.05, 0) is 30.5 Å². The normalized spacial score (nSPS) is 22.1. The van der Waals surface area contributed by atoms with E-state index in [1.54, 1.807) is 7.05 Å². The summed E-state index contributed by atoms with van der Waals surface area (Å²) in [7, 11) is 1.64. The lowest BCUT2D eigenvalue weighted by Gasteiger charge is -2.10. The first-order valence-corrected chi connectivity index (χ1v) is 5.23. The summed E-state index contributed by atoms with van der Waals surface area (Å²) >= 11 is 0. The zero-order valence-corrected chi connectivity index (χ0v) is 9.66. The molecule has 0 radical (unpaired) electrons. The fraction of sp³-hybridized carbons (Fsp3) is 0.333. The minimum atomic E-state index is -0.321. The maximum absolute atomic E-state index is 11.7. The van der Waals surface area contributed by atoms with Crippen molar-refractivity contribution in [1.29, 1.82) is 0 Å². The summed E-state index contributed by atoms with van der Waals surface area (Å²) < 4.78 is 0. The third kappa shape index (κ3) is 1.78. The van der Waals surface area contributed by atoms with Crippen LogP contribution in [0.5, 0.6) is 0 Å². The second-order valence-electron chi connectivity index (χ2n) is 3.98. The van der Waals surface area contributed by atoms with Gasteiger partial charge < -0.3 is 5.32 Å². The van der Waals surface area contributed by atoms with Gasteiger partial charge in [-0.3, -0.25) is 15.1 Å². The Morgan fingerprint density at radius 1 is 1.25 bits per heavy atom. The van der Waals surface area contributed by atoms with Gasteiger partial charge in [0.1, 0.15) is 6.04 Å². The molecule has 1 aromatic rings. The molecule has 4 nitrogen and oxygen atoms in total. The van der Waals surface area contributed by atoms with Crippen molar-refractivity contribution in [2.75, 3.05) is 7.05 Å². The summed E-state index contributed by atoms with van der Waals surface area (Å²) in [6, 6.07) is 5.71. The number of rotatable bonds is 1. The van der Waals surface area contributed by atoms with Gasteiger partial charge in [0.05, 0.1) is 0 Å². The van der Waals surface area contributed by atoms with Gasteiger partial charge in [0.25, 0.3) is 5.91 Å². The second kappa shape index (κ2) is 3.96. The van der Waals surface area contributed by atoms with Crippen molar-refractivity contribution in [2.45, 2.75) is 19.9 Å². The standard InChI is InChI=1S/C12H15N3O/c1-7-4-5-9(6-8(7)2)10-11(16)15-12(13-3)14-10/h4-6,10H,1-3H3,(H2,13,14,15,16). The van der Waals surface area contributed by atoms with Crippen molar-refractivity contribution in [3.05, 3.63) is 34.9 Å². The maximum Gasteiger partial charge on any atom is 0.253 e. The van der Waals surface area contributed by atoms with Crippen molar-refractivity contribution >= 4 is 11.9 Å². The van der Waals surface area contributed by atoms with Gasteiger partial charge in [0, 0.05) is 7.05 Å². The van der Waals surface area contributed by atoms with Crippen LogP contribution in [0.15, 0.2) is 23.2 Å². The van der Waals surface area contributed by atoms with Crippen molar-refractivity contribution in [3.8, 4) is 0 Å². The van der Waals surface area contributed by atoms with E-state index in [0.717, 1.165) is 5.56 Å². The number of nitrogens with one attached hydrogen (secondary N) is 2. The summed E-state index contributed by atoms with van der Waals surface area (Å²) in [6.45, 7) is 4.10. The number of carbonyl (C=O) groups excluding carboxylic acids is 1. The predicted molar refractivity (Wildman–Crippen MR) is 63.3 cm³/mol. The number of benzene rings is 1. The van der Waals surface area contributed by atoms with E-state index in [0.29, 0.717) is 5.96 Å². The number of hydrogen-bond acceptors (Lipinski definition) is 2. The SMILES string of the molecule is CN=C1NC(=O)C(c2ccc(C)c(C)c2)N1. The van der Waals surface area contributed by atoms with E-state index in [2.05, 4.69) is 22.5 Å². The van der Waals surface area contributed by atoms with Crippen molar-refractivity contribution in [1.82, 2.24) is 10.6 Å². The highest BCUT2D eigenvalue weighted by molar-refractivity contribution is 6.06. The minimum absolute atomic E-state index is 0.0520. The van der Waals surface area contributed by atoms with Gasteiger partial charge >= 0.3 is 0 Å². The van der Waals surface area contributed by atoms with E-state index in [4.69, 9.17) is 0 Å². The molecule has 0 aromatic heterocycles. The fourth-order valence-electron chi connectivity index (χ4n) is 1.73. The van der Waals surface area contributed by atoms with E-state index >= 15 is 0 Å². The number of hydrogen-bond donors (Lipinski definition) is 2. The molecule has 1 heterocycles. The minimum Gasteiger partial charge on any atom is -0.340 e. The molecule has 1 aromatic carbocycles. The molecule has 1 amide bonds. The molecule has 1 aliphatic heterocycles. The highest BCUT2D eigenvalue weighted by Crippen LogP contribution is 2.19. The van der Waals surface area contributed by atoms with Crippen LogP contribution in [-0.4, -0.2) is 18.9 Å². The van der Waals surface area contributed by atoms with Gasteiger partial charge in [0.2, 0.25) is 0 Å². The summed E-state index contributed by atoms with van der Waals surface area (Å²) in [4.78, 5) is 15.6. The van der Waals surface area contributed by atoms with E-state index in [1.165, 1.54) is 11.1 Å². The van der Waals surface area contributed by atoms with Crippen LogP contribution in [0, 0.1) is 13.8 Å². The molecule has 16 heavy (non-hydrogen) atoms. The van der Waals surface area contributed by atoms with Gasteiger partial charge in [-0.1, -0.05) is 18.2 Å². The Kier molecular flexibility index (Phi) is 2.64. The van der Waals surface area contributed by atoms with Crippen molar-refractivity contribution in [3.63, 3.8) is 0 Å². The van der Waals surface area contributed by atoms with E-state index in [9.17, 15) is 4.79 Å². The molecule has 0 saturated carbocycles. The first-order chi connectivity index (χ1) is 7.61. The van der Waals surface area contributed by atoms with Crippen LogP contribution in [0.4, 0.5) is 0 Å². The smallest absolute Gasteiger partial charge is 0.253 e. The lowest BCUT2D eigenvalue weighted by Crippen LogP contribution is -2.24. The van der Waals surface area contributed by atoms with Gasteiger partial charge in [0.15, 0.2) is 5.96 Å². The second-order valence-corrected chi connectivity index (χ2v) is 3.98. The Balaban J connectivity index is 2.31. The van der Waals surface area contributed by atoms with E-state index < -0.39 is 0 Å². The average Bonchev–Trinajstić information content (AvgIpc) is 2.64. The fourth-order valence-corrected chi connectivity index (χ4v) is 1.73. The number of aryl methyl sites for hydroxylation is 2. The van der Waals surface area contributed by atoms with Crippen LogP contribution in [0.25, 0.3) is 0 Å². The molecule has 2 rings (SSSR count). The van der Waals surface area contributed by atoms with Gasteiger partial charge in [-0.25, -0.2) is 0 Å². The molecule has 1 unspecified atom stereocenters. The Labute approximate surface area is 94.8 Å². The Morgan fingerprint density at radius 2 is 2.00 bits per heavy atom. The first-order valence-electron chi connectivity index (χ1n) is 5.23. The molecule has 4 heteroatoms. The lowest BCUT2D eigenvalue weighted by atomic mass is 10.0. The molecule has 1 saturated heterocycles. The van der Waals surface area contributed by atoms with Crippen LogP contribution in [0.1, 0.15) is 22.7 Å². The maximum atomic E-state index is 11.7. The molecule has 1 fully saturated rings. The molecule has 0 spiro atoms. The van der Waals surface area contributed by atoms with E-state index in [-0.39, 0.29) is 11.9 Å².